The van der Waals surface area contributed by atoms with Crippen molar-refractivity contribution in [3.8, 4) is 0 Å². The largest absolute Gasteiger partial charge is 0.349 e. The Labute approximate surface area is 174 Å². The van der Waals surface area contributed by atoms with Gasteiger partial charge in [0.1, 0.15) is 0 Å². The number of anilines is 1. The van der Waals surface area contributed by atoms with Gasteiger partial charge in [-0.25, -0.2) is 8.42 Å². The van der Waals surface area contributed by atoms with Crippen molar-refractivity contribution in [2.24, 2.45) is 0 Å². The lowest BCUT2D eigenvalue weighted by molar-refractivity contribution is 0.0949. The molecule has 8 heteroatoms. The molecule has 1 aliphatic carbocycles. The van der Waals surface area contributed by atoms with Crippen LogP contribution in [0.5, 0.6) is 0 Å². The van der Waals surface area contributed by atoms with Crippen molar-refractivity contribution in [3.05, 3.63) is 59.7 Å². The normalized spacial score (nSPS) is 20.2. The van der Waals surface area contributed by atoms with E-state index in [9.17, 15) is 18.0 Å². The highest BCUT2D eigenvalue weighted by Crippen LogP contribution is 2.33. The van der Waals surface area contributed by atoms with E-state index in [0.717, 1.165) is 17.7 Å². The molecule has 2 aromatic rings. The Morgan fingerprint density at radius 1 is 0.966 bits per heavy atom. The SMILES string of the molecule is O=C(NC1CC1)c1cccc(NC(=O)c2ccccc2S[C@@H]2CCS(=O)(=O)C2)c1. The molecule has 1 heterocycles. The van der Waals surface area contributed by atoms with Gasteiger partial charge < -0.3 is 10.6 Å². The molecule has 2 aliphatic rings. The molecule has 152 valence electrons. The van der Waals surface area contributed by atoms with Crippen LogP contribution >= 0.6 is 11.8 Å². The van der Waals surface area contributed by atoms with Gasteiger partial charge in [-0.1, -0.05) is 18.2 Å². The summed E-state index contributed by atoms with van der Waals surface area (Å²) in [7, 11) is -2.97. The van der Waals surface area contributed by atoms with E-state index < -0.39 is 9.84 Å². The van der Waals surface area contributed by atoms with Gasteiger partial charge in [-0.2, -0.15) is 0 Å². The highest BCUT2D eigenvalue weighted by atomic mass is 32.2. The first kappa shape index (κ1) is 20.0. The lowest BCUT2D eigenvalue weighted by atomic mass is 10.1. The fourth-order valence-corrected chi connectivity index (χ4v) is 6.85. The summed E-state index contributed by atoms with van der Waals surface area (Å²) in [6, 6.07) is 14.3. The number of nitrogens with one attached hydrogen (secondary N) is 2. The van der Waals surface area contributed by atoms with Crippen molar-refractivity contribution < 1.29 is 18.0 Å². The van der Waals surface area contributed by atoms with E-state index in [-0.39, 0.29) is 34.6 Å². The van der Waals surface area contributed by atoms with Crippen LogP contribution in [0.2, 0.25) is 0 Å². The third-order valence-electron chi connectivity index (χ3n) is 4.91. The number of hydrogen-bond acceptors (Lipinski definition) is 5. The molecular weight excluding hydrogens is 408 g/mol. The fourth-order valence-electron chi connectivity index (χ4n) is 3.22. The average molecular weight is 431 g/mol. The Bertz CT molecular complexity index is 1050. The zero-order valence-electron chi connectivity index (χ0n) is 15.8. The molecule has 0 bridgehead atoms. The summed E-state index contributed by atoms with van der Waals surface area (Å²) in [6.45, 7) is 0. The van der Waals surface area contributed by atoms with Crippen molar-refractivity contribution in [1.29, 1.82) is 0 Å². The second-order valence-electron chi connectivity index (χ2n) is 7.42. The third kappa shape index (κ3) is 5.19. The van der Waals surface area contributed by atoms with Gasteiger partial charge in [0.2, 0.25) is 0 Å². The van der Waals surface area contributed by atoms with Crippen molar-refractivity contribution in [3.63, 3.8) is 0 Å². The number of carbonyl (C=O) groups excluding carboxylic acids is 2. The Kier molecular flexibility index (Phi) is 5.65. The molecule has 2 aromatic carbocycles. The van der Waals surface area contributed by atoms with Crippen molar-refractivity contribution in [2.45, 2.75) is 35.4 Å². The van der Waals surface area contributed by atoms with Gasteiger partial charge in [0.25, 0.3) is 11.8 Å². The quantitative estimate of drug-likeness (QED) is 0.735. The smallest absolute Gasteiger partial charge is 0.256 e. The molecule has 2 amide bonds. The first-order valence-electron chi connectivity index (χ1n) is 9.58. The number of thioether (sulfide) groups is 1. The second kappa shape index (κ2) is 8.20. The Hall–Kier alpha value is -2.32. The number of amides is 2. The summed E-state index contributed by atoms with van der Waals surface area (Å²) in [4.78, 5) is 25.8. The van der Waals surface area contributed by atoms with Crippen molar-refractivity contribution >= 4 is 39.1 Å². The molecule has 1 saturated heterocycles. The summed E-state index contributed by atoms with van der Waals surface area (Å²) >= 11 is 1.44. The van der Waals surface area contributed by atoms with Gasteiger partial charge in [-0.15, -0.1) is 11.8 Å². The molecule has 4 rings (SSSR count). The van der Waals surface area contributed by atoms with E-state index in [0.29, 0.717) is 23.2 Å². The molecule has 6 nitrogen and oxygen atoms in total. The van der Waals surface area contributed by atoms with Crippen LogP contribution in [-0.2, 0) is 9.84 Å². The Morgan fingerprint density at radius 2 is 1.76 bits per heavy atom. The zero-order chi connectivity index (χ0) is 20.4. The van der Waals surface area contributed by atoms with Gasteiger partial charge in [0.15, 0.2) is 9.84 Å². The predicted octanol–water partition coefficient (Wildman–Crippen LogP) is 3.11. The third-order valence-corrected chi connectivity index (χ3v) is 8.24. The second-order valence-corrected chi connectivity index (χ2v) is 11.0. The highest BCUT2D eigenvalue weighted by Gasteiger charge is 2.29. The van der Waals surface area contributed by atoms with Crippen LogP contribution in [0.1, 0.15) is 40.0 Å². The van der Waals surface area contributed by atoms with Crippen LogP contribution in [0.25, 0.3) is 0 Å². The molecular formula is C21H22N2O4S2. The topological polar surface area (TPSA) is 92.3 Å². The molecule has 2 N–H and O–H groups in total. The van der Waals surface area contributed by atoms with Gasteiger partial charge in [0, 0.05) is 27.4 Å². The molecule has 2 fully saturated rings. The number of sulfone groups is 1. The van der Waals surface area contributed by atoms with Crippen LogP contribution in [0.15, 0.2) is 53.4 Å². The maximum atomic E-state index is 12.9. The van der Waals surface area contributed by atoms with Crippen LogP contribution in [-0.4, -0.2) is 43.0 Å². The summed E-state index contributed by atoms with van der Waals surface area (Å²) in [5.41, 5.74) is 1.55. The number of hydrogen-bond donors (Lipinski definition) is 2. The van der Waals surface area contributed by atoms with E-state index in [1.807, 2.05) is 12.1 Å². The molecule has 1 aliphatic heterocycles. The minimum atomic E-state index is -2.97. The minimum Gasteiger partial charge on any atom is -0.349 e. The minimum absolute atomic E-state index is 0.0385. The van der Waals surface area contributed by atoms with E-state index >= 15 is 0 Å². The lowest BCUT2D eigenvalue weighted by Crippen LogP contribution is -2.25. The van der Waals surface area contributed by atoms with Gasteiger partial charge in [-0.3, -0.25) is 9.59 Å². The number of rotatable bonds is 6. The summed E-state index contributed by atoms with van der Waals surface area (Å²) in [5, 5.41) is 5.75. The lowest BCUT2D eigenvalue weighted by Gasteiger charge is -2.13. The summed E-state index contributed by atoms with van der Waals surface area (Å²) in [5.74, 6) is -0.0729. The molecule has 0 spiro atoms. The van der Waals surface area contributed by atoms with Crippen LogP contribution in [0, 0.1) is 0 Å². The molecule has 1 atom stereocenters. The van der Waals surface area contributed by atoms with Gasteiger partial charge in [0.05, 0.1) is 17.1 Å². The maximum Gasteiger partial charge on any atom is 0.256 e. The Balaban J connectivity index is 1.47. The molecule has 0 radical (unpaired) electrons. The first-order chi connectivity index (χ1) is 13.9. The summed E-state index contributed by atoms with van der Waals surface area (Å²) in [6.07, 6.45) is 2.62. The molecule has 0 aromatic heterocycles. The van der Waals surface area contributed by atoms with Crippen LogP contribution in [0.4, 0.5) is 5.69 Å². The monoisotopic (exact) mass is 430 g/mol. The fraction of sp³-hybridized carbons (Fsp3) is 0.333. The average Bonchev–Trinajstić information content (AvgIpc) is 3.44. The molecule has 0 unspecified atom stereocenters. The first-order valence-corrected chi connectivity index (χ1v) is 12.3. The number of benzene rings is 2. The van der Waals surface area contributed by atoms with E-state index in [1.165, 1.54) is 11.8 Å². The van der Waals surface area contributed by atoms with Crippen LogP contribution < -0.4 is 10.6 Å². The van der Waals surface area contributed by atoms with E-state index in [1.54, 1.807) is 36.4 Å². The van der Waals surface area contributed by atoms with Gasteiger partial charge in [-0.05, 0) is 49.6 Å². The van der Waals surface area contributed by atoms with Crippen LogP contribution in [0.3, 0.4) is 0 Å². The molecule has 1 saturated carbocycles. The molecule has 29 heavy (non-hydrogen) atoms. The van der Waals surface area contributed by atoms with Crippen molar-refractivity contribution in [2.75, 3.05) is 16.8 Å². The van der Waals surface area contributed by atoms with Crippen molar-refractivity contribution in [1.82, 2.24) is 5.32 Å². The summed E-state index contributed by atoms with van der Waals surface area (Å²) < 4.78 is 23.4. The highest BCUT2D eigenvalue weighted by molar-refractivity contribution is 8.02. The van der Waals surface area contributed by atoms with Gasteiger partial charge >= 0.3 is 0 Å². The predicted molar refractivity (Wildman–Crippen MR) is 114 cm³/mol. The van der Waals surface area contributed by atoms with E-state index in [2.05, 4.69) is 10.6 Å². The maximum absolute atomic E-state index is 12.9. The standard InChI is InChI=1S/C21H22N2O4S2/c24-20(22-15-8-9-15)14-4-3-5-16(12-14)23-21(25)18-6-1-2-7-19(18)28-17-10-11-29(26,27)13-17/h1-7,12,15,17H,8-11,13H2,(H,22,24)(H,23,25)/t17-/m1/s1. The number of carbonyl (C=O) groups is 2. The Morgan fingerprint density at radius 3 is 2.48 bits per heavy atom. The zero-order valence-corrected chi connectivity index (χ0v) is 17.4. The van der Waals surface area contributed by atoms with E-state index in [4.69, 9.17) is 0 Å².